The van der Waals surface area contributed by atoms with Gasteiger partial charge in [-0.25, -0.2) is 0 Å². The van der Waals surface area contributed by atoms with E-state index in [1.54, 1.807) is 0 Å². The van der Waals surface area contributed by atoms with Gasteiger partial charge in [-0.15, -0.1) is 0 Å². The maximum atomic E-state index is 6.50. The SMILES string of the molecule is C=C1CCOC(c2ccccc2)(C2CC=C(C)C2(C)C)C1. The van der Waals surface area contributed by atoms with Gasteiger partial charge >= 0.3 is 0 Å². The Morgan fingerprint density at radius 2 is 1.90 bits per heavy atom. The molecule has 1 aromatic rings. The van der Waals surface area contributed by atoms with Crippen molar-refractivity contribution in [3.63, 3.8) is 0 Å². The quantitative estimate of drug-likeness (QED) is 0.674. The lowest BCUT2D eigenvalue weighted by molar-refractivity contribution is -0.128. The number of hydrogen-bond acceptors (Lipinski definition) is 1. The number of rotatable bonds is 2. The van der Waals surface area contributed by atoms with Gasteiger partial charge in [-0.2, -0.15) is 0 Å². The third kappa shape index (κ3) is 2.28. The Labute approximate surface area is 128 Å². The summed E-state index contributed by atoms with van der Waals surface area (Å²) in [5.74, 6) is 0.476. The molecule has 0 spiro atoms. The van der Waals surface area contributed by atoms with E-state index in [0.717, 1.165) is 25.9 Å². The number of benzene rings is 1. The fourth-order valence-electron chi connectivity index (χ4n) is 4.12. The van der Waals surface area contributed by atoms with Gasteiger partial charge in [-0.05, 0) is 30.7 Å². The van der Waals surface area contributed by atoms with Crippen LogP contribution in [0.4, 0.5) is 0 Å². The maximum absolute atomic E-state index is 6.50. The Bertz CT molecular complexity index is 567. The molecule has 0 saturated carbocycles. The molecule has 1 saturated heterocycles. The highest BCUT2D eigenvalue weighted by Crippen LogP contribution is 2.56. The largest absolute Gasteiger partial charge is 0.369 e. The zero-order chi connectivity index (χ0) is 15.1. The molecule has 3 rings (SSSR count). The van der Waals surface area contributed by atoms with E-state index in [9.17, 15) is 0 Å². The molecule has 2 aliphatic rings. The summed E-state index contributed by atoms with van der Waals surface area (Å²) in [6.45, 7) is 12.1. The van der Waals surface area contributed by atoms with Crippen LogP contribution >= 0.6 is 0 Å². The number of ether oxygens (including phenoxy) is 1. The molecular formula is C20H26O. The van der Waals surface area contributed by atoms with E-state index in [-0.39, 0.29) is 11.0 Å². The van der Waals surface area contributed by atoms with Crippen molar-refractivity contribution in [3.05, 3.63) is 59.7 Å². The van der Waals surface area contributed by atoms with Gasteiger partial charge in [0.25, 0.3) is 0 Å². The molecule has 112 valence electrons. The minimum atomic E-state index is -0.214. The molecule has 1 aliphatic carbocycles. The van der Waals surface area contributed by atoms with E-state index in [0.29, 0.717) is 5.92 Å². The van der Waals surface area contributed by atoms with Gasteiger partial charge in [-0.1, -0.05) is 68.0 Å². The third-order valence-electron chi connectivity index (χ3n) is 5.70. The standard InChI is InChI=1S/C20H26O/c1-15-12-13-21-20(14-15,17-8-6-5-7-9-17)18-11-10-16(2)19(18,3)4/h5-10,18H,1,11-14H2,2-4H3. The van der Waals surface area contributed by atoms with Crippen LogP contribution in [0.3, 0.4) is 0 Å². The molecule has 0 N–H and O–H groups in total. The fourth-order valence-corrected chi connectivity index (χ4v) is 4.12. The molecule has 2 unspecified atom stereocenters. The van der Waals surface area contributed by atoms with Crippen LogP contribution in [-0.2, 0) is 10.3 Å². The zero-order valence-electron chi connectivity index (χ0n) is 13.5. The van der Waals surface area contributed by atoms with Crippen LogP contribution in [0.2, 0.25) is 0 Å². The maximum Gasteiger partial charge on any atom is 0.101 e. The lowest BCUT2D eigenvalue weighted by Gasteiger charge is -2.48. The smallest absolute Gasteiger partial charge is 0.101 e. The first-order chi connectivity index (χ1) is 9.97. The van der Waals surface area contributed by atoms with E-state index < -0.39 is 0 Å². The Morgan fingerprint density at radius 1 is 1.19 bits per heavy atom. The summed E-state index contributed by atoms with van der Waals surface area (Å²) in [4.78, 5) is 0. The average Bonchev–Trinajstić information content (AvgIpc) is 2.74. The van der Waals surface area contributed by atoms with Crippen molar-refractivity contribution in [2.75, 3.05) is 6.61 Å². The predicted molar refractivity (Wildman–Crippen MR) is 88.1 cm³/mol. The topological polar surface area (TPSA) is 9.23 Å². The van der Waals surface area contributed by atoms with Crippen molar-refractivity contribution >= 4 is 0 Å². The van der Waals surface area contributed by atoms with Crippen molar-refractivity contribution in [1.29, 1.82) is 0 Å². The molecule has 0 radical (unpaired) electrons. The summed E-state index contributed by atoms with van der Waals surface area (Å²) >= 11 is 0. The Morgan fingerprint density at radius 3 is 2.48 bits per heavy atom. The van der Waals surface area contributed by atoms with Crippen LogP contribution in [0, 0.1) is 11.3 Å². The highest BCUT2D eigenvalue weighted by molar-refractivity contribution is 5.32. The minimum absolute atomic E-state index is 0.174. The van der Waals surface area contributed by atoms with Gasteiger partial charge in [0.1, 0.15) is 5.60 Å². The van der Waals surface area contributed by atoms with Crippen molar-refractivity contribution < 1.29 is 4.74 Å². The Kier molecular flexibility index (Phi) is 3.57. The second-order valence-corrected chi connectivity index (χ2v) is 7.18. The monoisotopic (exact) mass is 282 g/mol. The molecule has 1 fully saturated rings. The lowest BCUT2D eigenvalue weighted by atomic mass is 9.64. The van der Waals surface area contributed by atoms with E-state index in [4.69, 9.17) is 4.74 Å². The van der Waals surface area contributed by atoms with E-state index >= 15 is 0 Å². The Hall–Kier alpha value is -1.34. The summed E-state index contributed by atoms with van der Waals surface area (Å²) in [7, 11) is 0. The minimum Gasteiger partial charge on any atom is -0.369 e. The molecule has 0 amide bonds. The molecular weight excluding hydrogens is 256 g/mol. The first kappa shape index (κ1) is 14.6. The molecule has 0 bridgehead atoms. The summed E-state index contributed by atoms with van der Waals surface area (Å²) in [6.07, 6.45) is 5.44. The molecule has 21 heavy (non-hydrogen) atoms. The van der Waals surface area contributed by atoms with Crippen molar-refractivity contribution in [2.45, 2.75) is 45.6 Å². The zero-order valence-corrected chi connectivity index (χ0v) is 13.5. The van der Waals surface area contributed by atoms with Crippen LogP contribution < -0.4 is 0 Å². The summed E-state index contributed by atoms with van der Waals surface area (Å²) < 4.78 is 6.50. The van der Waals surface area contributed by atoms with E-state index in [2.05, 4.69) is 63.8 Å². The summed E-state index contributed by atoms with van der Waals surface area (Å²) in [5.41, 5.74) is 4.09. The van der Waals surface area contributed by atoms with E-state index in [1.165, 1.54) is 16.7 Å². The second kappa shape index (κ2) is 5.14. The Balaban J connectivity index is 2.08. The second-order valence-electron chi connectivity index (χ2n) is 7.18. The molecule has 2 atom stereocenters. The average molecular weight is 282 g/mol. The van der Waals surface area contributed by atoms with Crippen molar-refractivity contribution in [2.24, 2.45) is 11.3 Å². The highest BCUT2D eigenvalue weighted by atomic mass is 16.5. The molecule has 1 heteroatoms. The van der Waals surface area contributed by atoms with Gasteiger partial charge in [0, 0.05) is 12.3 Å². The van der Waals surface area contributed by atoms with E-state index in [1.807, 2.05) is 0 Å². The fraction of sp³-hybridized carbons (Fsp3) is 0.500. The van der Waals surface area contributed by atoms with Gasteiger partial charge in [-0.3, -0.25) is 0 Å². The number of allylic oxidation sites excluding steroid dienone is 2. The van der Waals surface area contributed by atoms with Crippen LogP contribution in [0.25, 0.3) is 0 Å². The number of hydrogen-bond donors (Lipinski definition) is 0. The van der Waals surface area contributed by atoms with Crippen LogP contribution in [0.5, 0.6) is 0 Å². The first-order valence-corrected chi connectivity index (χ1v) is 8.00. The van der Waals surface area contributed by atoms with Crippen molar-refractivity contribution in [3.8, 4) is 0 Å². The summed E-state index contributed by atoms with van der Waals surface area (Å²) in [5, 5.41) is 0. The predicted octanol–water partition coefficient (Wildman–Crippen LogP) is 5.24. The van der Waals surface area contributed by atoms with Gasteiger partial charge in [0.05, 0.1) is 6.61 Å². The highest BCUT2D eigenvalue weighted by Gasteiger charge is 2.52. The van der Waals surface area contributed by atoms with Crippen LogP contribution in [0.1, 0.15) is 45.6 Å². The molecule has 1 nitrogen and oxygen atoms in total. The molecule has 1 aromatic carbocycles. The van der Waals surface area contributed by atoms with Gasteiger partial charge in [0.15, 0.2) is 0 Å². The normalized spacial score (nSPS) is 32.0. The lowest BCUT2D eigenvalue weighted by Crippen LogP contribution is -2.46. The molecule has 1 heterocycles. The van der Waals surface area contributed by atoms with Crippen LogP contribution in [0.15, 0.2) is 54.1 Å². The van der Waals surface area contributed by atoms with Gasteiger partial charge < -0.3 is 4.74 Å². The first-order valence-electron chi connectivity index (χ1n) is 8.00. The molecule has 1 aliphatic heterocycles. The summed E-state index contributed by atoms with van der Waals surface area (Å²) in [6, 6.07) is 10.8. The van der Waals surface area contributed by atoms with Crippen LogP contribution in [-0.4, -0.2) is 6.61 Å². The third-order valence-corrected chi connectivity index (χ3v) is 5.70. The van der Waals surface area contributed by atoms with Crippen molar-refractivity contribution in [1.82, 2.24) is 0 Å². The molecule has 0 aromatic heterocycles. The van der Waals surface area contributed by atoms with Gasteiger partial charge in [0.2, 0.25) is 0 Å².